The monoisotopic (exact) mass is 387 g/mol. The Labute approximate surface area is 149 Å². The Hall–Kier alpha value is -1.22. The zero-order valence-corrected chi connectivity index (χ0v) is 15.2. The fourth-order valence-corrected chi connectivity index (χ4v) is 5.16. The average molecular weight is 388 g/mol. The normalized spacial score (nSPS) is 19.4. The Morgan fingerprint density at radius 1 is 1.35 bits per heavy atom. The van der Waals surface area contributed by atoms with E-state index in [0.29, 0.717) is 21.7 Å². The smallest absolute Gasteiger partial charge is 0.189 e. The molecule has 1 aromatic carbocycles. The summed E-state index contributed by atoms with van der Waals surface area (Å²) in [7, 11) is -2.92. The number of thiocarbonyl (C=S) groups is 1. The summed E-state index contributed by atoms with van der Waals surface area (Å²) in [4.78, 5) is 4.47. The van der Waals surface area contributed by atoms with Gasteiger partial charge < -0.3 is 10.6 Å². The molecule has 0 unspecified atom stereocenters. The molecule has 0 aliphatic carbocycles. The number of anilines is 1. The van der Waals surface area contributed by atoms with E-state index in [1.54, 1.807) is 0 Å². The van der Waals surface area contributed by atoms with Crippen molar-refractivity contribution >= 4 is 55.2 Å². The molecule has 0 spiro atoms. The van der Waals surface area contributed by atoms with Crippen molar-refractivity contribution in [3.8, 4) is 11.3 Å². The lowest BCUT2D eigenvalue weighted by Crippen LogP contribution is -2.38. The van der Waals surface area contributed by atoms with Gasteiger partial charge >= 0.3 is 0 Å². The third-order valence-corrected chi connectivity index (χ3v) is 6.43. The molecule has 0 saturated carbocycles. The Kier molecular flexibility index (Phi) is 4.86. The lowest BCUT2D eigenvalue weighted by Gasteiger charge is -2.13. The van der Waals surface area contributed by atoms with Crippen LogP contribution in [0.4, 0.5) is 5.13 Å². The number of aromatic nitrogens is 1. The molecule has 1 fully saturated rings. The number of hydrogen-bond acceptors (Lipinski definition) is 5. The Morgan fingerprint density at radius 2 is 2.09 bits per heavy atom. The molecule has 2 N–H and O–H groups in total. The fourth-order valence-electron chi connectivity index (χ4n) is 2.31. The second-order valence-corrected chi connectivity index (χ2v) is 9.17. The maximum atomic E-state index is 11.4. The van der Waals surface area contributed by atoms with Crippen molar-refractivity contribution in [2.45, 2.75) is 12.5 Å². The molecule has 5 nitrogen and oxygen atoms in total. The highest BCUT2D eigenvalue weighted by Gasteiger charge is 2.28. The SMILES string of the molecule is O=S1(=O)CC[C@H](NC(=S)Nc2nc(-c3ccc(Cl)cc3)cs2)C1. The molecule has 2 heterocycles. The van der Waals surface area contributed by atoms with Crippen LogP contribution in [0.25, 0.3) is 11.3 Å². The largest absolute Gasteiger partial charge is 0.359 e. The van der Waals surface area contributed by atoms with Crippen LogP contribution in [0.15, 0.2) is 29.6 Å². The first kappa shape index (κ1) is 16.6. The van der Waals surface area contributed by atoms with Crippen molar-refractivity contribution in [2.75, 3.05) is 16.8 Å². The van der Waals surface area contributed by atoms with E-state index in [1.807, 2.05) is 29.6 Å². The minimum Gasteiger partial charge on any atom is -0.359 e. The molecule has 23 heavy (non-hydrogen) atoms. The van der Waals surface area contributed by atoms with E-state index < -0.39 is 9.84 Å². The molecular weight excluding hydrogens is 374 g/mol. The molecule has 2 aromatic rings. The number of rotatable bonds is 3. The van der Waals surface area contributed by atoms with Crippen molar-refractivity contribution in [3.05, 3.63) is 34.7 Å². The molecular formula is C14H14ClN3O2S3. The lowest BCUT2D eigenvalue weighted by atomic mass is 10.2. The van der Waals surface area contributed by atoms with Crippen molar-refractivity contribution < 1.29 is 8.42 Å². The van der Waals surface area contributed by atoms with Gasteiger partial charge in [0.1, 0.15) is 0 Å². The van der Waals surface area contributed by atoms with Crippen LogP contribution in [0.3, 0.4) is 0 Å². The molecule has 1 aliphatic rings. The Morgan fingerprint density at radius 3 is 2.74 bits per heavy atom. The van der Waals surface area contributed by atoms with Gasteiger partial charge in [-0.3, -0.25) is 0 Å². The van der Waals surface area contributed by atoms with Gasteiger partial charge in [-0.25, -0.2) is 13.4 Å². The van der Waals surface area contributed by atoms with Gasteiger partial charge in [0.2, 0.25) is 0 Å². The molecule has 3 rings (SSSR count). The third-order valence-electron chi connectivity index (χ3n) is 3.43. The van der Waals surface area contributed by atoms with Crippen LogP contribution in [0, 0.1) is 0 Å². The summed E-state index contributed by atoms with van der Waals surface area (Å²) in [6, 6.07) is 7.31. The lowest BCUT2D eigenvalue weighted by molar-refractivity contribution is 0.600. The van der Waals surface area contributed by atoms with Crippen LogP contribution in [0.1, 0.15) is 6.42 Å². The van der Waals surface area contributed by atoms with E-state index in [1.165, 1.54) is 11.3 Å². The van der Waals surface area contributed by atoms with Gasteiger partial charge in [0.25, 0.3) is 0 Å². The van der Waals surface area contributed by atoms with E-state index in [4.69, 9.17) is 23.8 Å². The molecule has 122 valence electrons. The van der Waals surface area contributed by atoms with Crippen LogP contribution >= 0.6 is 35.2 Å². The van der Waals surface area contributed by atoms with E-state index >= 15 is 0 Å². The second-order valence-electron chi connectivity index (χ2n) is 5.24. The zero-order valence-electron chi connectivity index (χ0n) is 12.0. The van der Waals surface area contributed by atoms with Gasteiger partial charge in [0, 0.05) is 22.0 Å². The summed E-state index contributed by atoms with van der Waals surface area (Å²) in [5.74, 6) is 0.341. The molecule has 0 amide bonds. The summed E-state index contributed by atoms with van der Waals surface area (Å²) >= 11 is 12.5. The third kappa shape index (κ3) is 4.41. The number of benzene rings is 1. The quantitative estimate of drug-likeness (QED) is 0.789. The standard InChI is InChI=1S/C14H14ClN3O2S3/c15-10-3-1-9(2-4-10)12-7-22-14(17-12)18-13(21)16-11-5-6-23(19,20)8-11/h1-4,7,11H,5-6,8H2,(H2,16,17,18,21)/t11-/m0/s1. The number of sulfone groups is 1. The van der Waals surface area contributed by atoms with Crippen LogP contribution < -0.4 is 10.6 Å². The predicted molar refractivity (Wildman–Crippen MR) is 99.0 cm³/mol. The predicted octanol–water partition coefficient (Wildman–Crippen LogP) is 2.94. The van der Waals surface area contributed by atoms with E-state index in [2.05, 4.69) is 15.6 Å². The Balaban J connectivity index is 1.60. The summed E-state index contributed by atoms with van der Waals surface area (Å²) in [6.07, 6.45) is 0.581. The maximum absolute atomic E-state index is 11.4. The van der Waals surface area contributed by atoms with Crippen molar-refractivity contribution in [2.24, 2.45) is 0 Å². The molecule has 0 bridgehead atoms. The van der Waals surface area contributed by atoms with Crippen LogP contribution in [0.2, 0.25) is 5.02 Å². The van der Waals surface area contributed by atoms with E-state index in [-0.39, 0.29) is 17.5 Å². The first-order valence-corrected chi connectivity index (χ1v) is 10.4. The first-order chi connectivity index (χ1) is 10.9. The molecule has 1 atom stereocenters. The number of nitrogens with zero attached hydrogens (tertiary/aromatic N) is 1. The molecule has 0 radical (unpaired) electrons. The minimum absolute atomic E-state index is 0.128. The summed E-state index contributed by atoms with van der Waals surface area (Å²) in [6.45, 7) is 0. The fraction of sp³-hybridized carbons (Fsp3) is 0.286. The van der Waals surface area contributed by atoms with Crippen molar-refractivity contribution in [1.82, 2.24) is 10.3 Å². The van der Waals surface area contributed by atoms with Crippen LogP contribution in [-0.4, -0.2) is 36.1 Å². The summed E-state index contributed by atoms with van der Waals surface area (Å²) in [5, 5.41) is 9.69. The van der Waals surface area contributed by atoms with Gasteiger partial charge in [-0.1, -0.05) is 23.7 Å². The van der Waals surface area contributed by atoms with Gasteiger partial charge in [0.15, 0.2) is 20.1 Å². The van der Waals surface area contributed by atoms with Crippen molar-refractivity contribution in [1.29, 1.82) is 0 Å². The molecule has 1 saturated heterocycles. The molecule has 1 aromatic heterocycles. The number of halogens is 1. The second kappa shape index (κ2) is 6.72. The van der Waals surface area contributed by atoms with Gasteiger partial charge in [-0.05, 0) is 30.8 Å². The van der Waals surface area contributed by atoms with Crippen LogP contribution in [-0.2, 0) is 9.84 Å². The number of hydrogen-bond donors (Lipinski definition) is 2. The van der Waals surface area contributed by atoms with Crippen LogP contribution in [0.5, 0.6) is 0 Å². The highest BCUT2D eigenvalue weighted by Crippen LogP contribution is 2.26. The summed E-state index contributed by atoms with van der Waals surface area (Å²) < 4.78 is 22.9. The highest BCUT2D eigenvalue weighted by molar-refractivity contribution is 7.91. The van der Waals surface area contributed by atoms with Gasteiger partial charge in [0.05, 0.1) is 17.2 Å². The average Bonchev–Trinajstić information content (AvgIpc) is 3.06. The Bertz CT molecular complexity index is 818. The van der Waals surface area contributed by atoms with Gasteiger partial charge in [-0.2, -0.15) is 0 Å². The minimum atomic E-state index is -2.92. The first-order valence-electron chi connectivity index (χ1n) is 6.91. The van der Waals surface area contributed by atoms with Crippen molar-refractivity contribution in [3.63, 3.8) is 0 Å². The number of nitrogens with one attached hydrogen (secondary N) is 2. The molecule has 1 aliphatic heterocycles. The zero-order chi connectivity index (χ0) is 16.4. The maximum Gasteiger partial charge on any atom is 0.189 e. The summed E-state index contributed by atoms with van der Waals surface area (Å²) in [5.41, 5.74) is 1.81. The number of thiazole rings is 1. The molecule has 9 heteroatoms. The van der Waals surface area contributed by atoms with E-state index in [9.17, 15) is 8.42 Å². The van der Waals surface area contributed by atoms with E-state index in [0.717, 1.165) is 11.3 Å². The van der Waals surface area contributed by atoms with Gasteiger partial charge in [-0.15, -0.1) is 11.3 Å². The topological polar surface area (TPSA) is 71.1 Å². The highest BCUT2D eigenvalue weighted by atomic mass is 35.5.